The van der Waals surface area contributed by atoms with Crippen molar-refractivity contribution in [3.05, 3.63) is 23.5 Å². The van der Waals surface area contributed by atoms with Crippen LogP contribution in [0.5, 0.6) is 0 Å². The van der Waals surface area contributed by atoms with Gasteiger partial charge < -0.3 is 9.80 Å². The summed E-state index contributed by atoms with van der Waals surface area (Å²) in [5.41, 5.74) is 1.09. The second-order valence-corrected chi connectivity index (χ2v) is 6.03. The number of amides is 1. The highest BCUT2D eigenvalue weighted by molar-refractivity contribution is 6.29. The first-order chi connectivity index (χ1) is 9.49. The molecule has 0 saturated carbocycles. The molecule has 0 atom stereocenters. The first kappa shape index (κ1) is 15.1. The van der Waals surface area contributed by atoms with Crippen LogP contribution >= 0.6 is 11.6 Å². The number of rotatable bonds is 3. The quantitative estimate of drug-likeness (QED) is 0.805. The van der Waals surface area contributed by atoms with Crippen LogP contribution in [-0.4, -0.2) is 42.0 Å². The zero-order chi connectivity index (χ0) is 14.7. The van der Waals surface area contributed by atoms with Crippen molar-refractivity contribution in [2.75, 3.05) is 25.0 Å². The number of anilines is 1. The zero-order valence-corrected chi connectivity index (χ0v) is 13.1. The molecule has 0 aromatic carbocycles. The molecule has 1 fully saturated rings. The third kappa shape index (κ3) is 3.42. The van der Waals surface area contributed by atoms with Crippen LogP contribution in [0.2, 0.25) is 5.15 Å². The Balaban J connectivity index is 1.94. The summed E-state index contributed by atoms with van der Waals surface area (Å²) in [5.74, 6) is 0.420. The minimum absolute atomic E-state index is 0.149. The topological polar surface area (TPSA) is 36.4 Å². The Morgan fingerprint density at radius 2 is 2.10 bits per heavy atom. The average molecular weight is 296 g/mol. The van der Waals surface area contributed by atoms with Crippen molar-refractivity contribution in [2.24, 2.45) is 5.92 Å². The molecule has 1 amide bonds. The van der Waals surface area contributed by atoms with Crippen LogP contribution < -0.4 is 4.90 Å². The predicted molar refractivity (Wildman–Crippen MR) is 82.1 cm³/mol. The fourth-order valence-electron chi connectivity index (χ4n) is 2.52. The molecule has 0 N–H and O–H groups in total. The molecule has 4 nitrogen and oxygen atoms in total. The molecule has 0 aliphatic carbocycles. The van der Waals surface area contributed by atoms with Crippen molar-refractivity contribution in [2.45, 2.75) is 32.7 Å². The van der Waals surface area contributed by atoms with Crippen molar-refractivity contribution in [3.63, 3.8) is 0 Å². The largest absolute Gasteiger partial charge is 0.371 e. The van der Waals surface area contributed by atoms with Crippen LogP contribution in [0.15, 0.2) is 18.3 Å². The van der Waals surface area contributed by atoms with Crippen LogP contribution in [0.25, 0.3) is 0 Å². The molecule has 5 heteroatoms. The van der Waals surface area contributed by atoms with E-state index in [0.717, 1.165) is 31.6 Å². The van der Waals surface area contributed by atoms with Crippen LogP contribution in [0.1, 0.15) is 26.7 Å². The average Bonchev–Trinajstić information content (AvgIpc) is 2.46. The Hall–Kier alpha value is -1.29. The van der Waals surface area contributed by atoms with Crippen molar-refractivity contribution in [1.82, 2.24) is 9.88 Å². The van der Waals surface area contributed by atoms with E-state index in [9.17, 15) is 4.79 Å². The van der Waals surface area contributed by atoms with Crippen LogP contribution in [0.3, 0.4) is 0 Å². The highest BCUT2D eigenvalue weighted by Crippen LogP contribution is 2.25. The molecular weight excluding hydrogens is 274 g/mol. The number of halogens is 1. The minimum atomic E-state index is 0.149. The Morgan fingerprint density at radius 1 is 1.45 bits per heavy atom. The van der Waals surface area contributed by atoms with Crippen molar-refractivity contribution in [3.8, 4) is 0 Å². The Kier molecular flexibility index (Phi) is 4.86. The highest BCUT2D eigenvalue weighted by Gasteiger charge is 2.28. The summed E-state index contributed by atoms with van der Waals surface area (Å²) in [4.78, 5) is 20.4. The SMILES string of the molecule is CC(C)N(C)C(=O)C1CCN(c2ccnc(Cl)c2)CC1. The van der Waals surface area contributed by atoms with E-state index in [4.69, 9.17) is 11.6 Å². The molecule has 0 unspecified atom stereocenters. The van der Waals surface area contributed by atoms with E-state index >= 15 is 0 Å². The number of piperidine rings is 1. The molecule has 1 saturated heterocycles. The molecule has 0 radical (unpaired) electrons. The van der Waals surface area contributed by atoms with Crippen LogP contribution in [0, 0.1) is 5.92 Å². The molecular formula is C15H22ClN3O. The van der Waals surface area contributed by atoms with E-state index in [1.165, 1.54) is 0 Å². The lowest BCUT2D eigenvalue weighted by atomic mass is 9.94. The van der Waals surface area contributed by atoms with E-state index < -0.39 is 0 Å². The second kappa shape index (κ2) is 6.44. The molecule has 1 aliphatic rings. The standard InChI is InChI=1S/C15H22ClN3O/c1-11(2)18(3)15(20)12-5-8-19(9-6-12)13-4-7-17-14(16)10-13/h4,7,10-12H,5-6,8-9H2,1-3H3. The number of pyridine rings is 1. The first-order valence-corrected chi connectivity index (χ1v) is 7.50. The van der Waals surface area contributed by atoms with E-state index in [1.54, 1.807) is 6.20 Å². The fourth-order valence-corrected chi connectivity index (χ4v) is 2.68. The number of hydrogen-bond donors (Lipinski definition) is 0. The first-order valence-electron chi connectivity index (χ1n) is 7.12. The van der Waals surface area contributed by atoms with Crippen LogP contribution in [-0.2, 0) is 4.79 Å². The molecule has 20 heavy (non-hydrogen) atoms. The molecule has 1 aromatic heterocycles. The summed E-state index contributed by atoms with van der Waals surface area (Å²) in [5, 5.41) is 0.514. The molecule has 1 aliphatic heterocycles. The maximum absolute atomic E-state index is 12.3. The van der Waals surface area contributed by atoms with Gasteiger partial charge in [0.2, 0.25) is 5.91 Å². The number of nitrogens with zero attached hydrogens (tertiary/aromatic N) is 3. The third-order valence-electron chi connectivity index (χ3n) is 4.04. The molecule has 1 aromatic rings. The smallest absolute Gasteiger partial charge is 0.225 e. The predicted octanol–water partition coefficient (Wildman–Crippen LogP) is 2.82. The van der Waals surface area contributed by atoms with Gasteiger partial charge in [-0.15, -0.1) is 0 Å². The normalized spacial score (nSPS) is 16.6. The third-order valence-corrected chi connectivity index (χ3v) is 4.25. The highest BCUT2D eigenvalue weighted by atomic mass is 35.5. The summed E-state index contributed by atoms with van der Waals surface area (Å²) in [7, 11) is 1.89. The lowest BCUT2D eigenvalue weighted by Gasteiger charge is -2.35. The summed E-state index contributed by atoms with van der Waals surface area (Å²) in [6, 6.07) is 4.11. The number of aromatic nitrogens is 1. The second-order valence-electron chi connectivity index (χ2n) is 5.64. The van der Waals surface area contributed by atoms with Crippen molar-refractivity contribution < 1.29 is 4.79 Å². The monoisotopic (exact) mass is 295 g/mol. The van der Waals surface area contributed by atoms with Gasteiger partial charge in [-0.25, -0.2) is 4.98 Å². The van der Waals surface area contributed by atoms with Gasteiger partial charge in [-0.1, -0.05) is 11.6 Å². The summed E-state index contributed by atoms with van der Waals surface area (Å²) in [6.45, 7) is 5.88. The number of hydrogen-bond acceptors (Lipinski definition) is 3. The van der Waals surface area contributed by atoms with Crippen molar-refractivity contribution in [1.29, 1.82) is 0 Å². The zero-order valence-electron chi connectivity index (χ0n) is 12.3. The van der Waals surface area contributed by atoms with E-state index in [-0.39, 0.29) is 17.9 Å². The van der Waals surface area contributed by atoms with E-state index in [1.807, 2.05) is 37.9 Å². The van der Waals surface area contributed by atoms with Gasteiger partial charge in [0.05, 0.1) is 0 Å². The molecule has 0 bridgehead atoms. The van der Waals surface area contributed by atoms with E-state index in [2.05, 4.69) is 9.88 Å². The maximum Gasteiger partial charge on any atom is 0.225 e. The minimum Gasteiger partial charge on any atom is -0.371 e. The van der Waals surface area contributed by atoms with Gasteiger partial charge in [0.25, 0.3) is 0 Å². The molecule has 0 spiro atoms. The fraction of sp³-hybridized carbons (Fsp3) is 0.600. The van der Waals surface area contributed by atoms with Gasteiger partial charge in [-0.05, 0) is 38.8 Å². The van der Waals surface area contributed by atoms with Gasteiger partial charge >= 0.3 is 0 Å². The maximum atomic E-state index is 12.3. The number of carbonyl (C=O) groups is 1. The molecule has 2 rings (SSSR count). The Bertz CT molecular complexity index is 470. The Morgan fingerprint density at radius 3 is 2.65 bits per heavy atom. The van der Waals surface area contributed by atoms with Crippen molar-refractivity contribution >= 4 is 23.2 Å². The number of carbonyl (C=O) groups excluding carboxylic acids is 1. The summed E-state index contributed by atoms with van der Waals surface area (Å²) in [6.07, 6.45) is 3.52. The van der Waals surface area contributed by atoms with Crippen LogP contribution in [0.4, 0.5) is 5.69 Å². The van der Waals surface area contributed by atoms with E-state index in [0.29, 0.717) is 5.15 Å². The summed E-state index contributed by atoms with van der Waals surface area (Å²) >= 11 is 5.92. The molecule has 2 heterocycles. The van der Waals surface area contributed by atoms with Gasteiger partial charge in [-0.3, -0.25) is 4.79 Å². The summed E-state index contributed by atoms with van der Waals surface area (Å²) < 4.78 is 0. The van der Waals surface area contributed by atoms with Gasteiger partial charge in [-0.2, -0.15) is 0 Å². The lowest BCUT2D eigenvalue weighted by Crippen LogP contribution is -2.43. The van der Waals surface area contributed by atoms with Gasteiger partial charge in [0, 0.05) is 44.0 Å². The lowest BCUT2D eigenvalue weighted by molar-refractivity contribution is -0.136. The Labute approximate surface area is 125 Å². The van der Waals surface area contributed by atoms with Gasteiger partial charge in [0.15, 0.2) is 0 Å². The molecule has 110 valence electrons. The van der Waals surface area contributed by atoms with Gasteiger partial charge in [0.1, 0.15) is 5.15 Å².